The molecule has 0 aliphatic carbocycles. The standard InChI is InChI=1S/C40H29OS2.ClHO4/c41-29-30(21-23-31-25-37(33-13-5-1-6-14-33)42-38(26-31)34-15-7-2-8-16-34)22-24-32-27-39(35-17-9-3-10-18-35)43-40(28-32)36-19-11-4-12-20-36;2-1(3,4)5/h1-29H;(H,2,3,4,5)/q+1;/p-1. The second kappa shape index (κ2) is 16.9. The first kappa shape index (κ1) is 34.6. The van der Waals surface area contributed by atoms with Gasteiger partial charge in [0.05, 0.1) is 0 Å². The van der Waals surface area contributed by atoms with E-state index in [4.69, 9.17) is 18.6 Å². The molecule has 0 atom stereocenters. The highest BCUT2D eigenvalue weighted by Crippen LogP contribution is 2.44. The first-order valence-electron chi connectivity index (χ1n) is 14.7. The molecule has 1 aliphatic rings. The van der Waals surface area contributed by atoms with Crippen LogP contribution >= 0.6 is 23.1 Å². The van der Waals surface area contributed by atoms with Crippen molar-refractivity contribution in [3.05, 3.63) is 192 Å². The average Bonchev–Trinajstić information content (AvgIpc) is 3.12. The van der Waals surface area contributed by atoms with Gasteiger partial charge in [-0.1, -0.05) is 133 Å². The first-order chi connectivity index (χ1) is 23.2. The third-order valence-electron chi connectivity index (χ3n) is 6.94. The van der Waals surface area contributed by atoms with E-state index < -0.39 is 10.2 Å². The van der Waals surface area contributed by atoms with Crippen LogP contribution in [0.15, 0.2) is 175 Å². The number of allylic oxidation sites excluding steroid dienone is 7. The van der Waals surface area contributed by atoms with Gasteiger partial charge in [-0.05, 0) is 58.7 Å². The van der Waals surface area contributed by atoms with Crippen molar-refractivity contribution in [3.8, 4) is 20.9 Å². The van der Waals surface area contributed by atoms with Crippen LogP contribution in [0.4, 0.5) is 0 Å². The molecule has 0 saturated carbocycles. The highest BCUT2D eigenvalue weighted by molar-refractivity contribution is 8.16. The summed E-state index contributed by atoms with van der Waals surface area (Å²) in [5.74, 6) is 0. The maximum Gasteiger partial charge on any atom is 0.239 e. The minimum absolute atomic E-state index is 0.602. The van der Waals surface area contributed by atoms with Gasteiger partial charge >= 0.3 is 0 Å². The monoisotopic (exact) mass is 688 g/mol. The summed E-state index contributed by atoms with van der Waals surface area (Å²) in [6, 6.07) is 46.1. The summed E-state index contributed by atoms with van der Waals surface area (Å²) >= 11 is 3.53. The van der Waals surface area contributed by atoms with E-state index in [1.54, 1.807) is 23.1 Å². The lowest BCUT2D eigenvalue weighted by molar-refractivity contribution is -2.00. The predicted molar refractivity (Wildman–Crippen MR) is 187 cm³/mol. The molecule has 8 heteroatoms. The van der Waals surface area contributed by atoms with Crippen LogP contribution in [0.5, 0.6) is 0 Å². The summed E-state index contributed by atoms with van der Waals surface area (Å²) < 4.78 is 34.0. The summed E-state index contributed by atoms with van der Waals surface area (Å²) in [4.78, 5) is 16.9. The lowest BCUT2D eigenvalue weighted by Crippen LogP contribution is -2.68. The zero-order valence-electron chi connectivity index (χ0n) is 25.5. The number of hydrogen-bond donors (Lipinski definition) is 0. The van der Waals surface area contributed by atoms with Crippen LogP contribution in [0.3, 0.4) is 0 Å². The number of halogens is 1. The van der Waals surface area contributed by atoms with Gasteiger partial charge < -0.3 is 0 Å². The molecule has 0 N–H and O–H groups in total. The molecule has 0 unspecified atom stereocenters. The Balaban J connectivity index is 0.000000840. The molecule has 0 amide bonds. The van der Waals surface area contributed by atoms with E-state index in [9.17, 15) is 4.79 Å². The molecule has 48 heavy (non-hydrogen) atoms. The zero-order valence-corrected chi connectivity index (χ0v) is 27.9. The summed E-state index contributed by atoms with van der Waals surface area (Å²) in [7, 11) is -4.94. The van der Waals surface area contributed by atoms with Crippen molar-refractivity contribution in [1.82, 2.24) is 0 Å². The van der Waals surface area contributed by atoms with E-state index in [0.717, 1.165) is 17.4 Å². The smallest absolute Gasteiger partial charge is 0.239 e. The van der Waals surface area contributed by atoms with E-state index in [1.807, 2.05) is 48.6 Å². The number of benzene rings is 4. The molecule has 6 rings (SSSR count). The van der Waals surface area contributed by atoms with Gasteiger partial charge in [0.15, 0.2) is 0 Å². The van der Waals surface area contributed by atoms with Gasteiger partial charge in [-0.25, -0.2) is 18.6 Å². The third kappa shape index (κ3) is 10.7. The van der Waals surface area contributed by atoms with Crippen molar-refractivity contribution in [2.75, 3.05) is 0 Å². The highest BCUT2D eigenvalue weighted by Gasteiger charge is 2.18. The number of hydrogen-bond acceptors (Lipinski definition) is 6. The molecule has 238 valence electrons. The van der Waals surface area contributed by atoms with E-state index in [0.29, 0.717) is 5.57 Å². The van der Waals surface area contributed by atoms with Crippen LogP contribution in [0, 0.1) is 10.2 Å². The van der Waals surface area contributed by atoms with Crippen LogP contribution in [0.1, 0.15) is 16.7 Å². The SMILES string of the molecule is O=CC(=C\C=C1C=C(c2ccccc2)SC(c2ccccc2)=C1)/C=C/c1cc(-c2ccccc2)[s+]c(-c2ccccc2)c1.[O-][Cl+3]([O-])([O-])[O-]. The van der Waals surface area contributed by atoms with Gasteiger partial charge in [-0.2, -0.15) is 0 Å². The topological polar surface area (TPSA) is 109 Å². The Bertz CT molecular complexity index is 1860. The molecule has 0 saturated heterocycles. The summed E-state index contributed by atoms with van der Waals surface area (Å²) in [5, 5.41) is 0. The van der Waals surface area contributed by atoms with Crippen LogP contribution < -0.4 is 18.6 Å². The Morgan fingerprint density at radius 3 is 1.40 bits per heavy atom. The van der Waals surface area contributed by atoms with Gasteiger partial charge in [-0.15, -0.1) is 10.2 Å². The predicted octanol–water partition coefficient (Wildman–Crippen LogP) is 6.50. The highest BCUT2D eigenvalue weighted by atomic mass is 35.7. The number of aldehydes is 1. The van der Waals surface area contributed by atoms with Crippen molar-refractivity contribution in [2.24, 2.45) is 0 Å². The van der Waals surface area contributed by atoms with E-state index in [1.165, 1.54) is 41.8 Å². The minimum atomic E-state index is -4.94. The van der Waals surface area contributed by atoms with E-state index in [-0.39, 0.29) is 0 Å². The lowest BCUT2D eigenvalue weighted by atomic mass is 10.1. The Kier molecular flexibility index (Phi) is 12.2. The van der Waals surface area contributed by atoms with Crippen LogP contribution in [0.25, 0.3) is 36.8 Å². The molecule has 5 nitrogen and oxygen atoms in total. The lowest BCUT2D eigenvalue weighted by Gasteiger charge is -2.17. The molecule has 1 aliphatic heterocycles. The number of carbonyl (C=O) groups is 1. The summed E-state index contributed by atoms with van der Waals surface area (Å²) in [6.07, 6.45) is 13.1. The van der Waals surface area contributed by atoms with E-state index in [2.05, 4.69) is 121 Å². The van der Waals surface area contributed by atoms with Crippen LogP contribution in [0.2, 0.25) is 0 Å². The van der Waals surface area contributed by atoms with Crippen molar-refractivity contribution in [1.29, 1.82) is 0 Å². The van der Waals surface area contributed by atoms with Gasteiger partial charge in [0, 0.05) is 38.6 Å². The molecule has 0 spiro atoms. The van der Waals surface area contributed by atoms with Crippen molar-refractivity contribution < 1.29 is 33.7 Å². The minimum Gasteiger partial charge on any atom is -0.298 e. The molecular weight excluding hydrogens is 660 g/mol. The number of carbonyl (C=O) groups excluding carboxylic acids is 1. The number of thioether (sulfide) groups is 1. The molecule has 0 bridgehead atoms. The van der Waals surface area contributed by atoms with Gasteiger partial charge in [0.1, 0.15) is 6.29 Å². The van der Waals surface area contributed by atoms with Gasteiger partial charge in [0.2, 0.25) is 21.1 Å². The first-order valence-corrected chi connectivity index (χ1v) is 17.6. The molecule has 2 heterocycles. The second-order valence-corrected chi connectivity index (χ2v) is 13.3. The molecule has 4 aromatic carbocycles. The molecule has 0 fully saturated rings. The maximum absolute atomic E-state index is 12.2. The molecule has 5 aromatic rings. The zero-order chi connectivity index (χ0) is 33.8. The van der Waals surface area contributed by atoms with Crippen molar-refractivity contribution in [3.63, 3.8) is 0 Å². The number of rotatable bonds is 8. The Labute approximate surface area is 290 Å². The third-order valence-corrected chi connectivity index (χ3v) is 9.23. The molecular formula is C40H29ClO5S2. The fourth-order valence-electron chi connectivity index (χ4n) is 4.73. The van der Waals surface area contributed by atoms with E-state index >= 15 is 0 Å². The largest absolute Gasteiger partial charge is 0.298 e. The molecule has 0 radical (unpaired) electrons. The Morgan fingerprint density at radius 1 is 0.604 bits per heavy atom. The quantitative estimate of drug-likeness (QED) is 0.0797. The van der Waals surface area contributed by atoms with Crippen molar-refractivity contribution >= 4 is 45.3 Å². The summed E-state index contributed by atoms with van der Waals surface area (Å²) in [5.41, 5.74) is 7.39. The maximum atomic E-state index is 12.2. The van der Waals surface area contributed by atoms with Crippen LogP contribution in [-0.2, 0) is 4.79 Å². The normalized spacial score (nSPS) is 13.2. The van der Waals surface area contributed by atoms with Gasteiger partial charge in [-0.3, -0.25) is 4.79 Å². The second-order valence-electron chi connectivity index (χ2n) is 10.4. The van der Waals surface area contributed by atoms with Crippen molar-refractivity contribution in [2.45, 2.75) is 0 Å². The fraction of sp³-hybridized carbons (Fsp3) is 0. The fourth-order valence-corrected chi connectivity index (χ4v) is 7.00. The summed E-state index contributed by atoms with van der Waals surface area (Å²) in [6.45, 7) is 0. The molecule has 1 aromatic heterocycles. The van der Waals surface area contributed by atoms with Gasteiger partial charge in [0.25, 0.3) is 0 Å². The Morgan fingerprint density at radius 2 is 1.00 bits per heavy atom. The Hall–Kier alpha value is -4.70. The van der Waals surface area contributed by atoms with Crippen LogP contribution in [-0.4, -0.2) is 6.29 Å². The average molecular weight is 689 g/mol.